The van der Waals surface area contributed by atoms with Crippen molar-refractivity contribution in [3.63, 3.8) is 0 Å². The Bertz CT molecular complexity index is 499. The van der Waals surface area contributed by atoms with E-state index in [4.69, 9.17) is 0 Å². The van der Waals surface area contributed by atoms with Gasteiger partial charge in [-0.05, 0) is 45.0 Å². The summed E-state index contributed by atoms with van der Waals surface area (Å²) in [6, 6.07) is 4.11. The SMILES string of the molecule is CCNC(C)(C)c1nnc2cc(C)ccn12. The van der Waals surface area contributed by atoms with Gasteiger partial charge in [0.05, 0.1) is 5.54 Å². The van der Waals surface area contributed by atoms with Crippen LogP contribution in [0, 0.1) is 6.92 Å². The summed E-state index contributed by atoms with van der Waals surface area (Å²) in [5.41, 5.74) is 1.94. The quantitative estimate of drug-likeness (QED) is 0.855. The third-order valence-electron chi connectivity index (χ3n) is 2.74. The lowest BCUT2D eigenvalue weighted by atomic mass is 10.0. The van der Waals surface area contributed by atoms with Crippen molar-refractivity contribution in [3.8, 4) is 0 Å². The fraction of sp³-hybridized carbons (Fsp3) is 0.500. The number of aryl methyl sites for hydroxylation is 1. The lowest BCUT2D eigenvalue weighted by Crippen LogP contribution is -2.38. The third kappa shape index (κ3) is 1.80. The van der Waals surface area contributed by atoms with Crippen molar-refractivity contribution in [1.82, 2.24) is 19.9 Å². The lowest BCUT2D eigenvalue weighted by Gasteiger charge is -2.23. The van der Waals surface area contributed by atoms with Crippen molar-refractivity contribution in [2.45, 2.75) is 33.2 Å². The molecular weight excluding hydrogens is 200 g/mol. The topological polar surface area (TPSA) is 42.2 Å². The predicted molar refractivity (Wildman–Crippen MR) is 64.4 cm³/mol. The van der Waals surface area contributed by atoms with Gasteiger partial charge in [0.15, 0.2) is 11.5 Å². The third-order valence-corrected chi connectivity index (χ3v) is 2.74. The van der Waals surface area contributed by atoms with Crippen LogP contribution >= 0.6 is 0 Å². The van der Waals surface area contributed by atoms with E-state index in [0.29, 0.717) is 0 Å². The van der Waals surface area contributed by atoms with E-state index in [9.17, 15) is 0 Å². The molecule has 0 atom stereocenters. The standard InChI is InChI=1S/C12H18N4/c1-5-13-12(3,4)11-15-14-10-8-9(2)6-7-16(10)11/h6-8,13H,5H2,1-4H3. The maximum Gasteiger partial charge on any atom is 0.161 e. The van der Waals surface area contributed by atoms with E-state index in [-0.39, 0.29) is 5.54 Å². The molecule has 4 heteroatoms. The number of pyridine rings is 1. The maximum atomic E-state index is 4.28. The Morgan fingerprint density at radius 2 is 2.12 bits per heavy atom. The average molecular weight is 218 g/mol. The number of fused-ring (bicyclic) bond motifs is 1. The van der Waals surface area contributed by atoms with Crippen molar-refractivity contribution < 1.29 is 0 Å². The first-order valence-electron chi connectivity index (χ1n) is 5.61. The fourth-order valence-electron chi connectivity index (χ4n) is 1.94. The van der Waals surface area contributed by atoms with Crippen molar-refractivity contribution in [3.05, 3.63) is 29.7 Å². The molecular formula is C12H18N4. The highest BCUT2D eigenvalue weighted by Crippen LogP contribution is 2.19. The molecule has 0 unspecified atom stereocenters. The van der Waals surface area contributed by atoms with Gasteiger partial charge in [0.25, 0.3) is 0 Å². The van der Waals surface area contributed by atoms with Crippen LogP contribution in [-0.2, 0) is 5.54 Å². The second-order valence-electron chi connectivity index (χ2n) is 4.61. The smallest absolute Gasteiger partial charge is 0.161 e. The van der Waals surface area contributed by atoms with Crippen LogP contribution < -0.4 is 5.32 Å². The second-order valence-corrected chi connectivity index (χ2v) is 4.61. The number of hydrogen-bond acceptors (Lipinski definition) is 3. The summed E-state index contributed by atoms with van der Waals surface area (Å²) < 4.78 is 2.04. The molecule has 0 bridgehead atoms. The zero-order chi connectivity index (χ0) is 11.8. The highest BCUT2D eigenvalue weighted by Gasteiger charge is 2.24. The molecule has 0 amide bonds. The molecule has 2 heterocycles. The summed E-state index contributed by atoms with van der Waals surface area (Å²) in [5.74, 6) is 0.948. The van der Waals surface area contributed by atoms with Gasteiger partial charge in [-0.1, -0.05) is 6.92 Å². The largest absolute Gasteiger partial charge is 0.305 e. The molecule has 1 N–H and O–H groups in total. The van der Waals surface area contributed by atoms with Crippen molar-refractivity contribution in [2.75, 3.05) is 6.54 Å². The predicted octanol–water partition coefficient (Wildman–Crippen LogP) is 1.88. The van der Waals surface area contributed by atoms with Gasteiger partial charge >= 0.3 is 0 Å². The highest BCUT2D eigenvalue weighted by atomic mass is 15.3. The molecule has 0 spiro atoms. The Hall–Kier alpha value is -1.42. The molecule has 0 radical (unpaired) electrons. The minimum Gasteiger partial charge on any atom is -0.305 e. The van der Waals surface area contributed by atoms with Gasteiger partial charge in [-0.25, -0.2) is 0 Å². The van der Waals surface area contributed by atoms with Gasteiger partial charge in [0.1, 0.15) is 0 Å². The molecule has 2 aromatic rings. The van der Waals surface area contributed by atoms with E-state index in [1.165, 1.54) is 5.56 Å². The molecule has 86 valence electrons. The minimum atomic E-state index is -0.163. The van der Waals surface area contributed by atoms with E-state index >= 15 is 0 Å². The van der Waals surface area contributed by atoms with Gasteiger partial charge < -0.3 is 5.32 Å². The number of aromatic nitrogens is 3. The van der Waals surface area contributed by atoms with Crippen LogP contribution in [0.1, 0.15) is 32.2 Å². The Labute approximate surface area is 95.7 Å². The number of rotatable bonds is 3. The fourth-order valence-corrected chi connectivity index (χ4v) is 1.94. The molecule has 16 heavy (non-hydrogen) atoms. The highest BCUT2D eigenvalue weighted by molar-refractivity contribution is 5.41. The van der Waals surface area contributed by atoms with Crippen LogP contribution in [0.4, 0.5) is 0 Å². The minimum absolute atomic E-state index is 0.163. The van der Waals surface area contributed by atoms with Crippen LogP contribution in [-0.4, -0.2) is 21.1 Å². The summed E-state index contributed by atoms with van der Waals surface area (Å²) >= 11 is 0. The van der Waals surface area contributed by atoms with Gasteiger partial charge in [-0.2, -0.15) is 0 Å². The van der Waals surface area contributed by atoms with Crippen LogP contribution in [0.25, 0.3) is 5.65 Å². The Morgan fingerprint density at radius 3 is 2.81 bits per heavy atom. The number of nitrogens with one attached hydrogen (secondary N) is 1. The zero-order valence-electron chi connectivity index (χ0n) is 10.3. The van der Waals surface area contributed by atoms with Gasteiger partial charge in [0.2, 0.25) is 0 Å². The summed E-state index contributed by atoms with van der Waals surface area (Å²) in [6.45, 7) is 9.30. The first-order valence-corrected chi connectivity index (χ1v) is 5.61. The monoisotopic (exact) mass is 218 g/mol. The van der Waals surface area contributed by atoms with E-state index in [1.807, 2.05) is 16.7 Å². The summed E-state index contributed by atoms with van der Waals surface area (Å²) in [6.07, 6.45) is 2.03. The first-order chi connectivity index (χ1) is 7.54. The van der Waals surface area contributed by atoms with E-state index < -0.39 is 0 Å². The average Bonchev–Trinajstić information content (AvgIpc) is 2.60. The molecule has 0 aliphatic rings. The molecule has 0 saturated heterocycles. The van der Waals surface area contributed by atoms with Gasteiger partial charge in [-0.15, -0.1) is 10.2 Å². The molecule has 4 nitrogen and oxygen atoms in total. The molecule has 0 aliphatic carbocycles. The molecule has 2 aromatic heterocycles. The second kappa shape index (κ2) is 3.87. The van der Waals surface area contributed by atoms with Gasteiger partial charge in [0, 0.05) is 6.20 Å². The van der Waals surface area contributed by atoms with E-state index in [1.54, 1.807) is 0 Å². The Balaban J connectivity index is 2.53. The van der Waals surface area contributed by atoms with E-state index in [0.717, 1.165) is 18.0 Å². The molecule has 0 aromatic carbocycles. The Morgan fingerprint density at radius 1 is 1.38 bits per heavy atom. The maximum absolute atomic E-state index is 4.28. The lowest BCUT2D eigenvalue weighted by molar-refractivity contribution is 0.388. The Kier molecular flexibility index (Phi) is 2.68. The molecule has 2 rings (SSSR count). The zero-order valence-corrected chi connectivity index (χ0v) is 10.3. The molecule has 0 fully saturated rings. The van der Waals surface area contributed by atoms with Crippen LogP contribution in [0.15, 0.2) is 18.3 Å². The number of hydrogen-bond donors (Lipinski definition) is 1. The van der Waals surface area contributed by atoms with Crippen LogP contribution in [0.3, 0.4) is 0 Å². The summed E-state index contributed by atoms with van der Waals surface area (Å²) in [4.78, 5) is 0. The normalized spacial score (nSPS) is 12.2. The van der Waals surface area contributed by atoms with Crippen molar-refractivity contribution in [1.29, 1.82) is 0 Å². The van der Waals surface area contributed by atoms with Crippen molar-refractivity contribution in [2.24, 2.45) is 0 Å². The summed E-state index contributed by atoms with van der Waals surface area (Å²) in [5, 5.41) is 11.9. The van der Waals surface area contributed by atoms with E-state index in [2.05, 4.69) is 49.3 Å². The molecule has 0 aliphatic heterocycles. The molecule has 0 saturated carbocycles. The number of nitrogens with zero attached hydrogens (tertiary/aromatic N) is 3. The van der Waals surface area contributed by atoms with Gasteiger partial charge in [-0.3, -0.25) is 4.40 Å². The first kappa shape index (κ1) is 11.1. The van der Waals surface area contributed by atoms with Crippen LogP contribution in [0.2, 0.25) is 0 Å². The van der Waals surface area contributed by atoms with Crippen molar-refractivity contribution >= 4 is 5.65 Å². The summed E-state index contributed by atoms with van der Waals surface area (Å²) in [7, 11) is 0. The van der Waals surface area contributed by atoms with Crippen LogP contribution in [0.5, 0.6) is 0 Å².